The normalized spacial score (nSPS) is 10.9. The number of aromatic nitrogens is 3. The molecule has 0 bridgehead atoms. The first kappa shape index (κ1) is 21.2. The molecule has 0 aliphatic heterocycles. The average molecular weight is 413 g/mol. The standard InChI is InChI=1S/C18H25ClN4O3S/c1-11(2)6-8-26-16-13(19)9-12(10-14(16)25-4)17(24)20-7-5-15-21-22-18(27)23(15)3/h9-11H,5-8H2,1-4H3,(H,20,24)(H,22,27). The fourth-order valence-electron chi connectivity index (χ4n) is 2.38. The van der Waals surface area contributed by atoms with Gasteiger partial charge in [-0.1, -0.05) is 25.4 Å². The molecular formula is C18H25ClN4O3S. The predicted molar refractivity (Wildman–Crippen MR) is 107 cm³/mol. The number of hydrogen-bond acceptors (Lipinski definition) is 5. The molecule has 1 heterocycles. The van der Waals surface area contributed by atoms with E-state index in [9.17, 15) is 4.79 Å². The number of carbonyl (C=O) groups excluding carboxylic acids is 1. The number of rotatable bonds is 9. The Bertz CT molecular complexity index is 848. The molecule has 0 aliphatic carbocycles. The molecular weight excluding hydrogens is 388 g/mol. The van der Waals surface area contributed by atoms with E-state index >= 15 is 0 Å². The van der Waals surface area contributed by atoms with Gasteiger partial charge in [-0.3, -0.25) is 9.89 Å². The number of nitrogens with zero attached hydrogens (tertiary/aromatic N) is 2. The zero-order valence-electron chi connectivity index (χ0n) is 16.0. The van der Waals surface area contributed by atoms with Gasteiger partial charge in [0.25, 0.3) is 5.91 Å². The van der Waals surface area contributed by atoms with Gasteiger partial charge < -0.3 is 19.4 Å². The van der Waals surface area contributed by atoms with Crippen molar-refractivity contribution in [2.24, 2.45) is 13.0 Å². The summed E-state index contributed by atoms with van der Waals surface area (Å²) < 4.78 is 13.4. The van der Waals surface area contributed by atoms with Crippen molar-refractivity contribution in [3.63, 3.8) is 0 Å². The van der Waals surface area contributed by atoms with Crippen LogP contribution in [0.25, 0.3) is 0 Å². The molecule has 1 aromatic heterocycles. The molecule has 0 radical (unpaired) electrons. The van der Waals surface area contributed by atoms with Crippen LogP contribution < -0.4 is 14.8 Å². The van der Waals surface area contributed by atoms with Gasteiger partial charge in [0.15, 0.2) is 16.3 Å². The van der Waals surface area contributed by atoms with Crippen LogP contribution in [0.1, 0.15) is 36.5 Å². The number of methoxy groups -OCH3 is 1. The minimum absolute atomic E-state index is 0.249. The lowest BCUT2D eigenvalue weighted by Gasteiger charge is -2.15. The van der Waals surface area contributed by atoms with Gasteiger partial charge in [0.1, 0.15) is 5.82 Å². The van der Waals surface area contributed by atoms with Crippen LogP contribution in [-0.4, -0.2) is 40.9 Å². The van der Waals surface area contributed by atoms with E-state index in [4.69, 9.17) is 33.3 Å². The molecule has 2 N–H and O–H groups in total. The van der Waals surface area contributed by atoms with Crippen molar-refractivity contribution in [2.45, 2.75) is 26.7 Å². The summed E-state index contributed by atoms with van der Waals surface area (Å²) in [4.78, 5) is 12.4. The predicted octanol–water partition coefficient (Wildman–Crippen LogP) is 3.54. The lowest BCUT2D eigenvalue weighted by atomic mass is 10.1. The Labute approximate surface area is 169 Å². The Balaban J connectivity index is 2.02. The molecule has 0 spiro atoms. The zero-order valence-corrected chi connectivity index (χ0v) is 17.5. The molecule has 9 heteroatoms. The van der Waals surface area contributed by atoms with Crippen LogP contribution in [0.3, 0.4) is 0 Å². The average Bonchev–Trinajstić information content (AvgIpc) is 2.94. The first-order valence-corrected chi connectivity index (χ1v) is 9.51. The smallest absolute Gasteiger partial charge is 0.251 e. The van der Waals surface area contributed by atoms with E-state index in [1.165, 1.54) is 7.11 Å². The molecule has 0 unspecified atom stereocenters. The van der Waals surface area contributed by atoms with Crippen molar-refractivity contribution in [1.82, 2.24) is 20.1 Å². The van der Waals surface area contributed by atoms with Crippen LogP contribution >= 0.6 is 23.8 Å². The molecule has 148 valence electrons. The quantitative estimate of drug-likeness (QED) is 0.615. The number of amides is 1. The van der Waals surface area contributed by atoms with Crippen molar-refractivity contribution in [3.8, 4) is 11.5 Å². The lowest BCUT2D eigenvalue weighted by molar-refractivity contribution is 0.0953. The van der Waals surface area contributed by atoms with Crippen molar-refractivity contribution in [1.29, 1.82) is 0 Å². The van der Waals surface area contributed by atoms with Gasteiger partial charge in [-0.05, 0) is 36.7 Å². The van der Waals surface area contributed by atoms with E-state index in [-0.39, 0.29) is 5.91 Å². The van der Waals surface area contributed by atoms with Crippen molar-refractivity contribution in [2.75, 3.05) is 20.3 Å². The van der Waals surface area contributed by atoms with E-state index in [1.54, 1.807) is 16.7 Å². The second-order valence-corrected chi connectivity index (χ2v) is 7.32. The lowest BCUT2D eigenvalue weighted by Crippen LogP contribution is -2.26. The molecule has 0 aliphatic rings. The molecule has 0 atom stereocenters. The first-order valence-electron chi connectivity index (χ1n) is 8.72. The van der Waals surface area contributed by atoms with Gasteiger partial charge in [0.05, 0.1) is 18.7 Å². The van der Waals surface area contributed by atoms with Crippen LogP contribution in [0.5, 0.6) is 11.5 Å². The topological polar surface area (TPSA) is 81.2 Å². The zero-order chi connectivity index (χ0) is 20.0. The number of halogens is 1. The van der Waals surface area contributed by atoms with Crippen LogP contribution in [0.15, 0.2) is 12.1 Å². The number of benzene rings is 1. The monoisotopic (exact) mass is 412 g/mol. The molecule has 0 saturated carbocycles. The maximum Gasteiger partial charge on any atom is 0.251 e. The summed E-state index contributed by atoms with van der Waals surface area (Å²) in [6.07, 6.45) is 1.45. The summed E-state index contributed by atoms with van der Waals surface area (Å²) >= 11 is 11.4. The molecule has 0 fully saturated rings. The Morgan fingerprint density at radius 2 is 2.19 bits per heavy atom. The van der Waals surface area contributed by atoms with Gasteiger partial charge >= 0.3 is 0 Å². The Hall–Kier alpha value is -2.06. The summed E-state index contributed by atoms with van der Waals surface area (Å²) in [5.74, 6) is 1.93. The first-order chi connectivity index (χ1) is 12.8. The Morgan fingerprint density at radius 3 is 2.78 bits per heavy atom. The number of ether oxygens (including phenoxy) is 2. The van der Waals surface area contributed by atoms with Crippen LogP contribution in [0.4, 0.5) is 0 Å². The van der Waals surface area contributed by atoms with E-state index < -0.39 is 0 Å². The third kappa shape index (κ3) is 5.71. The molecule has 1 aromatic carbocycles. The number of nitrogens with one attached hydrogen (secondary N) is 2. The maximum absolute atomic E-state index is 12.4. The largest absolute Gasteiger partial charge is 0.493 e. The second kappa shape index (κ2) is 9.75. The fourth-order valence-corrected chi connectivity index (χ4v) is 2.80. The van der Waals surface area contributed by atoms with Crippen molar-refractivity contribution < 1.29 is 14.3 Å². The highest BCUT2D eigenvalue weighted by Crippen LogP contribution is 2.36. The highest BCUT2D eigenvalue weighted by molar-refractivity contribution is 7.71. The van der Waals surface area contributed by atoms with Gasteiger partial charge in [-0.2, -0.15) is 5.10 Å². The maximum atomic E-state index is 12.4. The van der Waals surface area contributed by atoms with Gasteiger partial charge in [-0.15, -0.1) is 0 Å². The minimum Gasteiger partial charge on any atom is -0.493 e. The second-order valence-electron chi connectivity index (χ2n) is 6.53. The summed E-state index contributed by atoms with van der Waals surface area (Å²) in [7, 11) is 3.35. The summed E-state index contributed by atoms with van der Waals surface area (Å²) in [6.45, 7) is 5.19. The van der Waals surface area contributed by atoms with Crippen molar-refractivity contribution >= 4 is 29.7 Å². The molecule has 0 saturated heterocycles. The summed E-state index contributed by atoms with van der Waals surface area (Å²) in [6, 6.07) is 3.21. The van der Waals surface area contributed by atoms with E-state index in [1.807, 2.05) is 7.05 Å². The van der Waals surface area contributed by atoms with Gasteiger partial charge in [0, 0.05) is 25.6 Å². The fraction of sp³-hybridized carbons (Fsp3) is 0.500. The van der Waals surface area contributed by atoms with Gasteiger partial charge in [-0.25, -0.2) is 0 Å². The minimum atomic E-state index is -0.249. The van der Waals surface area contributed by atoms with E-state index in [2.05, 4.69) is 29.4 Å². The number of hydrogen-bond donors (Lipinski definition) is 2. The Kier molecular flexibility index (Phi) is 7.67. The molecule has 7 nitrogen and oxygen atoms in total. The van der Waals surface area contributed by atoms with E-state index in [0.29, 0.717) is 52.3 Å². The van der Waals surface area contributed by atoms with Crippen molar-refractivity contribution in [3.05, 3.63) is 33.3 Å². The van der Waals surface area contributed by atoms with Crippen LogP contribution in [0.2, 0.25) is 5.02 Å². The summed E-state index contributed by atoms with van der Waals surface area (Å²) in [5.41, 5.74) is 0.406. The van der Waals surface area contributed by atoms with Gasteiger partial charge in [0.2, 0.25) is 0 Å². The number of aromatic amines is 1. The number of carbonyl (C=O) groups is 1. The summed E-state index contributed by atoms with van der Waals surface area (Å²) in [5, 5.41) is 10.0. The Morgan fingerprint density at radius 1 is 1.44 bits per heavy atom. The highest BCUT2D eigenvalue weighted by Gasteiger charge is 2.16. The number of H-pyrrole nitrogens is 1. The molecule has 2 rings (SSSR count). The highest BCUT2D eigenvalue weighted by atomic mass is 35.5. The van der Waals surface area contributed by atoms with Crippen LogP contribution in [-0.2, 0) is 13.5 Å². The third-order valence-electron chi connectivity index (χ3n) is 4.04. The third-order valence-corrected chi connectivity index (χ3v) is 4.69. The molecule has 27 heavy (non-hydrogen) atoms. The molecule has 1 amide bonds. The van der Waals surface area contributed by atoms with Crippen LogP contribution in [0, 0.1) is 10.7 Å². The SMILES string of the molecule is COc1cc(C(=O)NCCc2n[nH]c(=S)n2C)cc(Cl)c1OCCC(C)C. The van der Waals surface area contributed by atoms with E-state index in [0.717, 1.165) is 12.2 Å². The molecule has 2 aromatic rings.